The lowest BCUT2D eigenvalue weighted by molar-refractivity contribution is -0.0736. The lowest BCUT2D eigenvalue weighted by Gasteiger charge is -2.34. The first-order chi connectivity index (χ1) is 14.1. The molecular formula is C19H22ClN3O5S2. The van der Waals surface area contributed by atoms with E-state index >= 15 is 0 Å². The van der Waals surface area contributed by atoms with E-state index in [4.69, 9.17) is 21.1 Å². The predicted octanol–water partition coefficient (Wildman–Crippen LogP) is 2.54. The summed E-state index contributed by atoms with van der Waals surface area (Å²) < 4.78 is 37.1. The van der Waals surface area contributed by atoms with Gasteiger partial charge in [0.2, 0.25) is 16.8 Å². The molecule has 1 saturated heterocycles. The summed E-state index contributed by atoms with van der Waals surface area (Å²) in [6, 6.07) is 10.1. The van der Waals surface area contributed by atoms with Crippen LogP contribution >= 0.6 is 23.4 Å². The lowest BCUT2D eigenvalue weighted by Crippen LogP contribution is -2.46. The van der Waals surface area contributed by atoms with Gasteiger partial charge in [-0.3, -0.25) is 0 Å². The van der Waals surface area contributed by atoms with Gasteiger partial charge in [-0.2, -0.15) is 0 Å². The van der Waals surface area contributed by atoms with Gasteiger partial charge < -0.3 is 19.9 Å². The van der Waals surface area contributed by atoms with Crippen molar-refractivity contribution < 1.29 is 23.0 Å². The van der Waals surface area contributed by atoms with Crippen molar-refractivity contribution in [2.24, 2.45) is 0 Å². The maximum atomic E-state index is 12.6. The first-order valence-electron chi connectivity index (χ1n) is 9.08. The van der Waals surface area contributed by atoms with Gasteiger partial charge in [-0.1, -0.05) is 17.7 Å². The SMILES string of the molecule is CN1C(Nc2ccc3c(c2)OCO3)SCC1(O)c1ccc(Cl)c(S(=O)(=O)N(C)C)c1. The Morgan fingerprint density at radius 3 is 2.70 bits per heavy atom. The zero-order valence-electron chi connectivity index (χ0n) is 16.6. The molecule has 1 fully saturated rings. The standard InChI is InChI=1S/C19H22ClN3O5S2/c1-22(2)30(25,26)17-8-12(4-6-14(17)20)19(24)10-29-18(23(19)3)21-13-5-7-15-16(9-13)28-11-27-15/h4-9,18,21,24H,10-11H2,1-3H3. The van der Waals surface area contributed by atoms with E-state index in [1.807, 2.05) is 18.2 Å². The van der Waals surface area contributed by atoms with E-state index in [2.05, 4.69) is 5.32 Å². The van der Waals surface area contributed by atoms with Crippen LogP contribution in [0.4, 0.5) is 5.69 Å². The molecule has 2 unspecified atom stereocenters. The number of rotatable bonds is 5. The molecule has 2 atom stereocenters. The fraction of sp³-hybridized carbons (Fsp3) is 0.368. The Hall–Kier alpha value is -1.69. The molecule has 2 aliphatic rings. The topological polar surface area (TPSA) is 91.3 Å². The number of nitrogens with zero attached hydrogens (tertiary/aromatic N) is 2. The first kappa shape index (κ1) is 21.5. The van der Waals surface area contributed by atoms with Crippen LogP contribution in [0, 0.1) is 0 Å². The summed E-state index contributed by atoms with van der Waals surface area (Å²) in [7, 11) is 0.910. The Kier molecular flexibility index (Phi) is 5.58. The maximum absolute atomic E-state index is 12.6. The van der Waals surface area contributed by atoms with Crippen LogP contribution in [0.1, 0.15) is 5.56 Å². The van der Waals surface area contributed by atoms with E-state index < -0.39 is 15.7 Å². The number of nitrogens with one attached hydrogen (secondary N) is 1. The third-order valence-electron chi connectivity index (χ3n) is 5.19. The second kappa shape index (κ2) is 7.77. The van der Waals surface area contributed by atoms with Crippen LogP contribution in [0.25, 0.3) is 0 Å². The fourth-order valence-electron chi connectivity index (χ4n) is 3.30. The highest BCUT2D eigenvalue weighted by Crippen LogP contribution is 2.43. The van der Waals surface area contributed by atoms with E-state index in [-0.39, 0.29) is 22.2 Å². The van der Waals surface area contributed by atoms with Crippen LogP contribution in [0.3, 0.4) is 0 Å². The van der Waals surface area contributed by atoms with Gasteiger partial charge >= 0.3 is 0 Å². The quantitative estimate of drug-likeness (QED) is 0.687. The van der Waals surface area contributed by atoms with Gasteiger partial charge in [-0.25, -0.2) is 17.6 Å². The summed E-state index contributed by atoms with van der Waals surface area (Å²) in [5.41, 5.74) is -0.350. The number of anilines is 1. The highest BCUT2D eigenvalue weighted by Gasteiger charge is 2.45. The minimum Gasteiger partial charge on any atom is -0.454 e. The summed E-state index contributed by atoms with van der Waals surface area (Å²) in [5.74, 6) is 1.70. The summed E-state index contributed by atoms with van der Waals surface area (Å²) in [4.78, 5) is 1.73. The zero-order chi connectivity index (χ0) is 21.7. The number of hydrogen-bond acceptors (Lipinski definition) is 8. The molecule has 2 aromatic rings. The summed E-state index contributed by atoms with van der Waals surface area (Å²) >= 11 is 7.66. The summed E-state index contributed by atoms with van der Waals surface area (Å²) in [6.07, 6.45) is 0. The van der Waals surface area contributed by atoms with Crippen LogP contribution in [0.2, 0.25) is 5.02 Å². The molecule has 0 radical (unpaired) electrons. The van der Waals surface area contributed by atoms with Gasteiger partial charge in [0, 0.05) is 37.2 Å². The molecule has 8 nitrogen and oxygen atoms in total. The van der Waals surface area contributed by atoms with Gasteiger partial charge in [0.05, 0.1) is 5.02 Å². The number of aliphatic hydroxyl groups is 1. The molecule has 0 saturated carbocycles. The highest BCUT2D eigenvalue weighted by molar-refractivity contribution is 8.00. The Balaban J connectivity index is 1.60. The Labute approximate surface area is 184 Å². The van der Waals surface area contributed by atoms with Gasteiger partial charge in [0.1, 0.15) is 10.4 Å². The number of sulfonamides is 1. The van der Waals surface area contributed by atoms with Crippen molar-refractivity contribution in [3.05, 3.63) is 47.0 Å². The maximum Gasteiger partial charge on any atom is 0.244 e. The predicted molar refractivity (Wildman–Crippen MR) is 116 cm³/mol. The number of ether oxygens (including phenoxy) is 2. The molecule has 162 valence electrons. The smallest absolute Gasteiger partial charge is 0.244 e. The highest BCUT2D eigenvalue weighted by atomic mass is 35.5. The van der Waals surface area contributed by atoms with E-state index in [1.165, 1.54) is 38.0 Å². The molecule has 4 rings (SSSR count). The first-order valence-corrected chi connectivity index (χ1v) is 12.0. The molecule has 0 amide bonds. The molecular weight excluding hydrogens is 450 g/mol. The average Bonchev–Trinajstić information content (AvgIpc) is 3.28. The molecule has 2 aliphatic heterocycles. The third kappa shape index (κ3) is 3.61. The largest absolute Gasteiger partial charge is 0.454 e. The monoisotopic (exact) mass is 471 g/mol. The minimum atomic E-state index is -3.75. The normalized spacial score (nSPS) is 23.9. The fourth-order valence-corrected chi connectivity index (χ4v) is 6.08. The van der Waals surface area contributed by atoms with Crippen molar-refractivity contribution in [1.29, 1.82) is 0 Å². The lowest BCUT2D eigenvalue weighted by atomic mass is 10.0. The molecule has 0 bridgehead atoms. The van der Waals surface area contributed by atoms with E-state index in [0.717, 1.165) is 9.99 Å². The number of halogens is 1. The van der Waals surface area contributed by atoms with Crippen LogP contribution in [0.5, 0.6) is 11.5 Å². The van der Waals surface area contributed by atoms with Gasteiger partial charge in [0.25, 0.3) is 0 Å². The van der Waals surface area contributed by atoms with Crippen LogP contribution < -0.4 is 14.8 Å². The second-order valence-corrected chi connectivity index (χ2v) is 10.8. The Morgan fingerprint density at radius 2 is 1.97 bits per heavy atom. The van der Waals surface area contributed by atoms with Gasteiger partial charge in [0.15, 0.2) is 17.2 Å². The third-order valence-corrected chi connectivity index (χ3v) is 8.81. The minimum absolute atomic E-state index is 0.0364. The van der Waals surface area contributed by atoms with Gasteiger partial charge in [-0.05, 0) is 31.3 Å². The molecule has 0 spiro atoms. The average molecular weight is 472 g/mol. The van der Waals surface area contributed by atoms with Crippen LogP contribution in [-0.2, 0) is 15.7 Å². The number of hydrogen-bond donors (Lipinski definition) is 2. The van der Waals surface area contributed by atoms with E-state index in [9.17, 15) is 13.5 Å². The molecule has 0 aromatic heterocycles. The van der Waals surface area contributed by atoms with Gasteiger partial charge in [-0.15, -0.1) is 11.8 Å². The van der Waals surface area contributed by atoms with Crippen LogP contribution in [0.15, 0.2) is 41.3 Å². The van der Waals surface area contributed by atoms with E-state index in [0.29, 0.717) is 22.8 Å². The summed E-state index contributed by atoms with van der Waals surface area (Å²) in [6.45, 7) is 0.200. The Morgan fingerprint density at radius 1 is 1.23 bits per heavy atom. The van der Waals surface area contributed by atoms with Crippen molar-refractivity contribution >= 4 is 39.1 Å². The number of fused-ring (bicyclic) bond motifs is 1. The molecule has 11 heteroatoms. The Bertz CT molecular complexity index is 1080. The molecule has 2 heterocycles. The molecule has 0 aliphatic carbocycles. The van der Waals surface area contributed by atoms with Crippen LogP contribution in [-0.4, -0.2) is 61.9 Å². The van der Waals surface area contributed by atoms with Crippen molar-refractivity contribution in [3.8, 4) is 11.5 Å². The number of benzene rings is 2. The molecule has 30 heavy (non-hydrogen) atoms. The van der Waals surface area contributed by atoms with Crippen molar-refractivity contribution in [3.63, 3.8) is 0 Å². The molecule has 2 aromatic carbocycles. The number of thioether (sulfide) groups is 1. The zero-order valence-corrected chi connectivity index (χ0v) is 19.0. The summed E-state index contributed by atoms with van der Waals surface area (Å²) in [5, 5.41) is 14.9. The van der Waals surface area contributed by atoms with Crippen molar-refractivity contribution in [2.75, 3.05) is 39.0 Å². The molecule has 2 N–H and O–H groups in total. The van der Waals surface area contributed by atoms with E-state index in [1.54, 1.807) is 18.0 Å². The van der Waals surface area contributed by atoms with Crippen molar-refractivity contribution in [2.45, 2.75) is 16.1 Å². The second-order valence-electron chi connectivity index (χ2n) is 7.24. The van der Waals surface area contributed by atoms with Crippen molar-refractivity contribution in [1.82, 2.24) is 9.21 Å².